The Morgan fingerprint density at radius 2 is 1.75 bits per heavy atom. The molecule has 1 aliphatic carbocycles. The lowest BCUT2D eigenvalue weighted by molar-refractivity contribution is -0.146. The minimum absolute atomic E-state index is 0.177. The van der Waals surface area contributed by atoms with Crippen LogP contribution in [0.15, 0.2) is 30.6 Å². The van der Waals surface area contributed by atoms with Gasteiger partial charge in [-0.05, 0) is 39.7 Å². The summed E-state index contributed by atoms with van der Waals surface area (Å²) in [7, 11) is 0. The third-order valence-electron chi connectivity index (χ3n) is 5.50. The number of nitrogens with zero attached hydrogens (tertiary/aromatic N) is 4. The van der Waals surface area contributed by atoms with Gasteiger partial charge in [0.15, 0.2) is 5.65 Å². The van der Waals surface area contributed by atoms with E-state index in [0.717, 1.165) is 15.9 Å². The van der Waals surface area contributed by atoms with E-state index in [1.54, 1.807) is 30.1 Å². The molecule has 8 nitrogen and oxygen atoms in total. The van der Waals surface area contributed by atoms with Gasteiger partial charge in [-0.15, -0.1) is 0 Å². The van der Waals surface area contributed by atoms with Crippen LogP contribution in [0.2, 0.25) is 0 Å². The van der Waals surface area contributed by atoms with Crippen LogP contribution in [-0.4, -0.2) is 43.4 Å². The highest BCUT2D eigenvalue weighted by atomic mass is 16.2. The molecule has 1 N–H and O–H groups in total. The van der Waals surface area contributed by atoms with Gasteiger partial charge in [0.2, 0.25) is 17.7 Å². The average Bonchev–Trinajstić information content (AvgIpc) is 3.21. The first kappa shape index (κ1) is 18.3. The summed E-state index contributed by atoms with van der Waals surface area (Å²) in [6.45, 7) is 5.62. The summed E-state index contributed by atoms with van der Waals surface area (Å²) in [5, 5.41) is 7.89. The maximum Gasteiger partial charge on any atom is 0.247 e. The zero-order valence-electron chi connectivity index (χ0n) is 16.1. The number of imide groups is 1. The van der Waals surface area contributed by atoms with Crippen LogP contribution in [0.1, 0.15) is 39.7 Å². The monoisotopic (exact) mass is 381 g/mol. The maximum atomic E-state index is 12.7. The number of hydrogen-bond acceptors (Lipinski definition) is 5. The summed E-state index contributed by atoms with van der Waals surface area (Å²) in [5.41, 5.74) is 1.24. The van der Waals surface area contributed by atoms with Gasteiger partial charge in [0.1, 0.15) is 6.04 Å². The van der Waals surface area contributed by atoms with Crippen molar-refractivity contribution < 1.29 is 14.4 Å². The highest BCUT2D eigenvalue weighted by Crippen LogP contribution is 2.36. The van der Waals surface area contributed by atoms with Crippen molar-refractivity contribution in [1.82, 2.24) is 19.7 Å². The van der Waals surface area contributed by atoms with Gasteiger partial charge >= 0.3 is 0 Å². The Morgan fingerprint density at radius 1 is 1.11 bits per heavy atom. The molecule has 2 aromatic heterocycles. The molecule has 0 radical (unpaired) electrons. The van der Waals surface area contributed by atoms with Crippen molar-refractivity contribution in [1.29, 1.82) is 0 Å². The molecule has 3 heterocycles. The van der Waals surface area contributed by atoms with E-state index < -0.39 is 11.9 Å². The molecule has 2 aliphatic rings. The molecule has 146 valence electrons. The van der Waals surface area contributed by atoms with Crippen LogP contribution in [0.25, 0.3) is 11.0 Å². The largest absolute Gasteiger partial charge is 0.323 e. The average molecular weight is 381 g/mol. The minimum Gasteiger partial charge on any atom is -0.323 e. The lowest BCUT2D eigenvalue weighted by atomic mass is 9.85. The van der Waals surface area contributed by atoms with Crippen molar-refractivity contribution in [3.05, 3.63) is 30.6 Å². The van der Waals surface area contributed by atoms with Crippen LogP contribution in [0.5, 0.6) is 0 Å². The zero-order chi connectivity index (χ0) is 20.0. The maximum absolute atomic E-state index is 12.7. The van der Waals surface area contributed by atoms with Crippen molar-refractivity contribution >= 4 is 34.4 Å². The van der Waals surface area contributed by atoms with E-state index in [1.807, 2.05) is 26.0 Å². The number of hydrogen-bond donors (Lipinski definition) is 1. The molecule has 1 fully saturated rings. The van der Waals surface area contributed by atoms with E-state index >= 15 is 0 Å². The van der Waals surface area contributed by atoms with Gasteiger partial charge in [-0.2, -0.15) is 5.10 Å². The fourth-order valence-corrected chi connectivity index (χ4v) is 3.96. The summed E-state index contributed by atoms with van der Waals surface area (Å²) < 4.78 is 1.81. The fraction of sp³-hybridized carbons (Fsp3) is 0.450. The summed E-state index contributed by atoms with van der Waals surface area (Å²) >= 11 is 0. The van der Waals surface area contributed by atoms with Gasteiger partial charge in [0.25, 0.3) is 0 Å². The van der Waals surface area contributed by atoms with Crippen LogP contribution >= 0.6 is 0 Å². The SMILES string of the molecule is CC(C)n1ncc2cc(NC(=O)[C@H](C)N3C(=O)[C@H]4CC=CC[C@H]4C3=O)cnc21. The second-order valence-electron chi connectivity index (χ2n) is 7.69. The predicted octanol–water partition coefficient (Wildman–Crippen LogP) is 2.29. The lowest BCUT2D eigenvalue weighted by Crippen LogP contribution is -2.46. The van der Waals surface area contributed by atoms with Gasteiger partial charge in [-0.1, -0.05) is 12.2 Å². The number of nitrogens with one attached hydrogen (secondary N) is 1. The molecule has 3 atom stereocenters. The van der Waals surface area contributed by atoms with Crippen LogP contribution < -0.4 is 5.32 Å². The molecule has 0 bridgehead atoms. The Balaban J connectivity index is 1.51. The van der Waals surface area contributed by atoms with Crippen molar-refractivity contribution in [2.24, 2.45) is 11.8 Å². The smallest absolute Gasteiger partial charge is 0.247 e. The first-order valence-corrected chi connectivity index (χ1v) is 9.54. The molecular weight excluding hydrogens is 358 g/mol. The molecule has 0 aromatic carbocycles. The van der Waals surface area contributed by atoms with Crippen LogP contribution in [0, 0.1) is 11.8 Å². The molecule has 3 amide bonds. The molecule has 0 unspecified atom stereocenters. The van der Waals surface area contributed by atoms with Gasteiger partial charge in [-0.25, -0.2) is 9.67 Å². The number of allylic oxidation sites excluding steroid dienone is 2. The number of anilines is 1. The third kappa shape index (κ3) is 2.89. The van der Waals surface area contributed by atoms with E-state index in [4.69, 9.17) is 0 Å². The van der Waals surface area contributed by atoms with Gasteiger partial charge in [0.05, 0.1) is 29.9 Å². The topological polar surface area (TPSA) is 97.2 Å². The third-order valence-corrected chi connectivity index (χ3v) is 5.50. The lowest BCUT2D eigenvalue weighted by Gasteiger charge is -2.22. The predicted molar refractivity (Wildman–Crippen MR) is 103 cm³/mol. The number of carbonyl (C=O) groups excluding carboxylic acids is 3. The minimum atomic E-state index is -0.875. The Morgan fingerprint density at radius 3 is 2.36 bits per heavy atom. The summed E-state index contributed by atoms with van der Waals surface area (Å²) in [5.74, 6) is -1.60. The number of fused-ring (bicyclic) bond motifs is 2. The number of rotatable bonds is 4. The number of aromatic nitrogens is 3. The van der Waals surface area contributed by atoms with Gasteiger partial charge in [-0.3, -0.25) is 19.3 Å². The highest BCUT2D eigenvalue weighted by Gasteiger charge is 2.50. The standard InChI is InChI=1S/C20H23N5O3/c1-11(2)25-17-13(9-22-25)8-14(10-21-17)23-18(26)12(3)24-19(27)15-6-4-5-7-16(15)20(24)28/h4-5,8-12,15-16H,6-7H2,1-3H3,(H,23,26)/t12-,15-,16+/m0/s1. The van der Waals surface area contributed by atoms with Gasteiger partial charge < -0.3 is 5.32 Å². The van der Waals surface area contributed by atoms with Crippen molar-refractivity contribution in [3.8, 4) is 0 Å². The molecule has 8 heteroatoms. The molecule has 4 rings (SSSR count). The molecule has 1 saturated heterocycles. The Hall–Kier alpha value is -3.03. The van der Waals surface area contributed by atoms with Crippen molar-refractivity contribution in [2.75, 3.05) is 5.32 Å². The van der Waals surface area contributed by atoms with Crippen molar-refractivity contribution in [2.45, 2.75) is 45.7 Å². The number of amides is 3. The first-order chi connectivity index (χ1) is 13.4. The van der Waals surface area contributed by atoms with E-state index in [0.29, 0.717) is 18.5 Å². The highest BCUT2D eigenvalue weighted by molar-refractivity contribution is 6.10. The first-order valence-electron chi connectivity index (χ1n) is 9.54. The van der Waals surface area contributed by atoms with Crippen molar-refractivity contribution in [3.63, 3.8) is 0 Å². The Bertz CT molecular complexity index is 967. The second kappa shape index (κ2) is 6.85. The Labute approximate surface area is 162 Å². The summed E-state index contributed by atoms with van der Waals surface area (Å²) in [6.07, 6.45) is 8.23. The molecule has 2 aromatic rings. The molecular formula is C20H23N5O3. The number of likely N-dealkylation sites (tertiary alicyclic amines) is 1. The molecule has 0 spiro atoms. The number of pyridine rings is 1. The normalized spacial score (nSPS) is 22.8. The van der Waals surface area contributed by atoms with E-state index in [1.165, 1.54) is 0 Å². The van der Waals surface area contributed by atoms with E-state index in [-0.39, 0.29) is 29.7 Å². The fourth-order valence-electron chi connectivity index (χ4n) is 3.96. The van der Waals surface area contributed by atoms with Gasteiger partial charge in [0, 0.05) is 11.4 Å². The van der Waals surface area contributed by atoms with E-state index in [9.17, 15) is 14.4 Å². The van der Waals surface area contributed by atoms with E-state index in [2.05, 4.69) is 15.4 Å². The zero-order valence-corrected chi connectivity index (χ0v) is 16.1. The summed E-state index contributed by atoms with van der Waals surface area (Å²) in [6, 6.07) is 1.09. The van der Waals surface area contributed by atoms with Crippen LogP contribution in [-0.2, 0) is 14.4 Å². The summed E-state index contributed by atoms with van der Waals surface area (Å²) in [4.78, 5) is 43.6. The van der Waals surface area contributed by atoms with Crippen LogP contribution in [0.4, 0.5) is 5.69 Å². The molecule has 1 aliphatic heterocycles. The van der Waals surface area contributed by atoms with Crippen LogP contribution in [0.3, 0.4) is 0 Å². The Kier molecular flexibility index (Phi) is 4.49. The quantitative estimate of drug-likeness (QED) is 0.647. The molecule has 0 saturated carbocycles. The molecule has 28 heavy (non-hydrogen) atoms. The number of carbonyl (C=O) groups is 3. The second-order valence-corrected chi connectivity index (χ2v) is 7.69.